The number of nitrogens with one attached hydrogen (secondary N) is 2. The smallest absolute Gasteiger partial charge is 0.251 e. The minimum absolute atomic E-state index is 0.149. The standard InChI is InChI=1S/C23H23Cl2FN4O2/c1-13-4-5-16(10-21(13)26)23(32)28-9-8-27-22(31)12-18-14(2)29-30(15(18)3)17-6-7-19(24)20(25)11-17/h4-7,10-11H,8-9,12H2,1-3H3,(H,27,31)(H,28,32). The fraction of sp³-hybridized carbons (Fsp3) is 0.261. The molecule has 0 bridgehead atoms. The normalized spacial score (nSPS) is 10.8. The highest BCUT2D eigenvalue weighted by atomic mass is 35.5. The van der Waals surface area contributed by atoms with Crippen molar-refractivity contribution in [3.63, 3.8) is 0 Å². The Labute approximate surface area is 195 Å². The average molecular weight is 477 g/mol. The molecule has 2 N–H and O–H groups in total. The molecule has 32 heavy (non-hydrogen) atoms. The van der Waals surface area contributed by atoms with E-state index in [2.05, 4.69) is 15.7 Å². The van der Waals surface area contributed by atoms with Gasteiger partial charge in [-0.2, -0.15) is 5.10 Å². The highest BCUT2D eigenvalue weighted by Crippen LogP contribution is 2.26. The summed E-state index contributed by atoms with van der Waals surface area (Å²) in [5.74, 6) is -1.02. The molecule has 9 heteroatoms. The van der Waals surface area contributed by atoms with E-state index in [0.29, 0.717) is 15.6 Å². The first-order valence-corrected chi connectivity index (χ1v) is 10.7. The minimum Gasteiger partial charge on any atom is -0.354 e. The number of rotatable bonds is 7. The Balaban J connectivity index is 1.55. The van der Waals surface area contributed by atoms with Crippen LogP contribution in [0.3, 0.4) is 0 Å². The molecule has 0 aliphatic rings. The molecular weight excluding hydrogens is 454 g/mol. The predicted octanol–water partition coefficient (Wildman–Crippen LogP) is 4.33. The SMILES string of the molecule is Cc1ccc(C(=O)NCCNC(=O)Cc2c(C)nn(-c3ccc(Cl)c(Cl)c3)c2C)cc1F. The van der Waals surface area contributed by atoms with Crippen molar-refractivity contribution in [2.45, 2.75) is 27.2 Å². The van der Waals surface area contributed by atoms with Crippen LogP contribution >= 0.6 is 23.2 Å². The third-order valence-corrected chi connectivity index (χ3v) is 5.83. The van der Waals surface area contributed by atoms with E-state index in [4.69, 9.17) is 23.2 Å². The molecule has 168 valence electrons. The molecule has 3 aromatic rings. The van der Waals surface area contributed by atoms with Crippen LogP contribution in [-0.2, 0) is 11.2 Å². The summed E-state index contributed by atoms with van der Waals surface area (Å²) >= 11 is 12.1. The van der Waals surface area contributed by atoms with Gasteiger partial charge in [-0.15, -0.1) is 0 Å². The van der Waals surface area contributed by atoms with Gasteiger partial charge in [0.05, 0.1) is 27.8 Å². The first-order chi connectivity index (χ1) is 15.2. The number of aromatic nitrogens is 2. The monoisotopic (exact) mass is 476 g/mol. The summed E-state index contributed by atoms with van der Waals surface area (Å²) < 4.78 is 15.3. The van der Waals surface area contributed by atoms with E-state index in [9.17, 15) is 14.0 Å². The van der Waals surface area contributed by atoms with Gasteiger partial charge in [-0.05, 0) is 56.7 Å². The minimum atomic E-state index is -0.432. The lowest BCUT2D eigenvalue weighted by Crippen LogP contribution is -2.35. The molecule has 2 amide bonds. The lowest BCUT2D eigenvalue weighted by molar-refractivity contribution is -0.120. The molecule has 2 aromatic carbocycles. The number of benzene rings is 2. The third-order valence-electron chi connectivity index (χ3n) is 5.09. The number of carbonyl (C=O) groups excluding carboxylic acids is 2. The quantitative estimate of drug-likeness (QED) is 0.498. The van der Waals surface area contributed by atoms with Crippen molar-refractivity contribution in [3.8, 4) is 5.69 Å². The topological polar surface area (TPSA) is 76.0 Å². The van der Waals surface area contributed by atoms with Crippen LogP contribution in [0.25, 0.3) is 5.69 Å². The largest absolute Gasteiger partial charge is 0.354 e. The van der Waals surface area contributed by atoms with E-state index in [0.717, 1.165) is 22.6 Å². The zero-order valence-corrected chi connectivity index (χ0v) is 19.4. The Bertz CT molecular complexity index is 1180. The van der Waals surface area contributed by atoms with Crippen LogP contribution in [0.2, 0.25) is 10.0 Å². The van der Waals surface area contributed by atoms with Gasteiger partial charge in [-0.25, -0.2) is 9.07 Å². The summed E-state index contributed by atoms with van der Waals surface area (Å²) in [5, 5.41) is 10.8. The van der Waals surface area contributed by atoms with Crippen molar-refractivity contribution in [1.29, 1.82) is 0 Å². The Morgan fingerprint density at radius 1 is 1.00 bits per heavy atom. The third kappa shape index (κ3) is 5.47. The first kappa shape index (κ1) is 23.8. The van der Waals surface area contributed by atoms with Crippen LogP contribution in [-0.4, -0.2) is 34.7 Å². The summed E-state index contributed by atoms with van der Waals surface area (Å²) in [6.45, 7) is 5.82. The maximum Gasteiger partial charge on any atom is 0.251 e. The van der Waals surface area contributed by atoms with Crippen LogP contribution < -0.4 is 10.6 Å². The van der Waals surface area contributed by atoms with Gasteiger partial charge in [0.2, 0.25) is 5.91 Å². The molecule has 6 nitrogen and oxygen atoms in total. The van der Waals surface area contributed by atoms with Gasteiger partial charge in [-0.1, -0.05) is 29.3 Å². The Morgan fingerprint density at radius 3 is 2.41 bits per heavy atom. The van der Waals surface area contributed by atoms with Gasteiger partial charge in [0.25, 0.3) is 5.91 Å². The number of hydrogen-bond donors (Lipinski definition) is 2. The van der Waals surface area contributed by atoms with Crippen LogP contribution in [0, 0.1) is 26.6 Å². The molecule has 1 heterocycles. The Hall–Kier alpha value is -2.90. The van der Waals surface area contributed by atoms with Crippen molar-refractivity contribution in [1.82, 2.24) is 20.4 Å². The maximum atomic E-state index is 13.6. The van der Waals surface area contributed by atoms with Crippen molar-refractivity contribution >= 4 is 35.0 Å². The second kappa shape index (κ2) is 10.1. The number of hydrogen-bond acceptors (Lipinski definition) is 3. The second-order valence-electron chi connectivity index (χ2n) is 7.41. The molecule has 0 saturated carbocycles. The molecule has 0 saturated heterocycles. The van der Waals surface area contributed by atoms with E-state index in [1.165, 1.54) is 6.07 Å². The Morgan fingerprint density at radius 2 is 1.72 bits per heavy atom. The second-order valence-corrected chi connectivity index (χ2v) is 8.22. The first-order valence-electron chi connectivity index (χ1n) is 9.99. The van der Waals surface area contributed by atoms with E-state index >= 15 is 0 Å². The van der Waals surface area contributed by atoms with Crippen molar-refractivity contribution in [2.75, 3.05) is 13.1 Å². The number of carbonyl (C=O) groups is 2. The maximum absolute atomic E-state index is 13.6. The molecule has 0 spiro atoms. The number of aryl methyl sites for hydroxylation is 2. The van der Waals surface area contributed by atoms with Crippen LogP contribution in [0.5, 0.6) is 0 Å². The predicted molar refractivity (Wildman–Crippen MR) is 123 cm³/mol. The summed E-state index contributed by atoms with van der Waals surface area (Å²) in [4.78, 5) is 24.5. The lowest BCUT2D eigenvalue weighted by Gasteiger charge is -2.09. The fourth-order valence-corrected chi connectivity index (χ4v) is 3.53. The molecule has 0 fully saturated rings. The highest BCUT2D eigenvalue weighted by molar-refractivity contribution is 6.42. The molecule has 0 atom stereocenters. The van der Waals surface area contributed by atoms with Crippen molar-refractivity contribution in [3.05, 3.63) is 80.3 Å². The number of nitrogens with zero attached hydrogens (tertiary/aromatic N) is 2. The zero-order chi connectivity index (χ0) is 23.4. The van der Waals surface area contributed by atoms with Gasteiger partial charge < -0.3 is 10.6 Å². The molecule has 3 rings (SSSR count). The van der Waals surface area contributed by atoms with E-state index in [1.54, 1.807) is 41.9 Å². The van der Waals surface area contributed by atoms with Crippen LogP contribution in [0.15, 0.2) is 36.4 Å². The van der Waals surface area contributed by atoms with Crippen LogP contribution in [0.4, 0.5) is 4.39 Å². The number of halogens is 3. The Kier molecular flexibility index (Phi) is 7.53. The molecule has 0 aliphatic heterocycles. The van der Waals surface area contributed by atoms with Gasteiger partial charge in [0.1, 0.15) is 5.82 Å². The van der Waals surface area contributed by atoms with Crippen LogP contribution in [0.1, 0.15) is 32.9 Å². The number of amides is 2. The van der Waals surface area contributed by atoms with Crippen molar-refractivity contribution in [2.24, 2.45) is 0 Å². The zero-order valence-electron chi connectivity index (χ0n) is 17.9. The molecule has 0 aliphatic carbocycles. The lowest BCUT2D eigenvalue weighted by atomic mass is 10.1. The molecular formula is C23H23Cl2FN4O2. The summed E-state index contributed by atoms with van der Waals surface area (Å²) in [6, 6.07) is 9.52. The molecule has 1 aromatic heterocycles. The van der Waals surface area contributed by atoms with Gasteiger partial charge in [0, 0.05) is 29.9 Å². The van der Waals surface area contributed by atoms with Gasteiger partial charge in [-0.3, -0.25) is 9.59 Å². The molecule has 0 unspecified atom stereocenters. The fourth-order valence-electron chi connectivity index (χ4n) is 3.24. The van der Waals surface area contributed by atoms with E-state index < -0.39 is 11.7 Å². The summed E-state index contributed by atoms with van der Waals surface area (Å²) in [6.07, 6.45) is 0.149. The van der Waals surface area contributed by atoms with E-state index in [1.807, 2.05) is 13.8 Å². The molecule has 0 radical (unpaired) electrons. The average Bonchev–Trinajstić information content (AvgIpc) is 3.03. The highest BCUT2D eigenvalue weighted by Gasteiger charge is 2.16. The van der Waals surface area contributed by atoms with E-state index in [-0.39, 0.29) is 31.0 Å². The summed E-state index contributed by atoms with van der Waals surface area (Å²) in [5.41, 5.74) is 3.83. The van der Waals surface area contributed by atoms with Gasteiger partial charge in [0.15, 0.2) is 0 Å². The van der Waals surface area contributed by atoms with Crippen molar-refractivity contribution < 1.29 is 14.0 Å². The summed E-state index contributed by atoms with van der Waals surface area (Å²) in [7, 11) is 0. The van der Waals surface area contributed by atoms with Gasteiger partial charge >= 0.3 is 0 Å².